The van der Waals surface area contributed by atoms with Gasteiger partial charge in [0.05, 0.1) is 13.7 Å². The average molecular weight is 412 g/mol. The van der Waals surface area contributed by atoms with Crippen LogP contribution in [0, 0.1) is 5.92 Å². The van der Waals surface area contributed by atoms with Crippen molar-refractivity contribution in [2.24, 2.45) is 5.92 Å². The molecule has 28 heavy (non-hydrogen) atoms. The molecule has 1 rings (SSSR count). The molecule has 0 aliphatic carbocycles. The Hall–Kier alpha value is -1.69. The van der Waals surface area contributed by atoms with E-state index >= 15 is 0 Å². The third-order valence-corrected chi connectivity index (χ3v) is 4.95. The molecule has 5 nitrogen and oxygen atoms in total. The number of amides is 1. The Morgan fingerprint density at radius 3 is 2.32 bits per heavy atom. The zero-order valence-corrected chi connectivity index (χ0v) is 19.3. The maximum Gasteiger partial charge on any atom is 0.325 e. The number of hydrogen-bond donors (Lipinski definition) is 1. The van der Waals surface area contributed by atoms with Crippen molar-refractivity contribution in [1.82, 2.24) is 5.32 Å². The number of nitrogens with one attached hydrogen (secondary N) is 1. The van der Waals surface area contributed by atoms with Crippen molar-refractivity contribution < 1.29 is 19.1 Å². The minimum atomic E-state index is -0.476. The second-order valence-electron chi connectivity index (χ2n) is 6.89. The van der Waals surface area contributed by atoms with Crippen molar-refractivity contribution in [3.05, 3.63) is 29.3 Å². The summed E-state index contributed by atoms with van der Waals surface area (Å²) in [7, 11) is 1.29. The van der Waals surface area contributed by atoms with E-state index in [0.717, 1.165) is 18.4 Å². The van der Waals surface area contributed by atoms with Crippen molar-refractivity contribution in [3.63, 3.8) is 0 Å². The molecule has 0 heterocycles. The number of ether oxygens (including phenoxy) is 2. The number of carbonyl (C=O) groups excluding carboxylic acids is 2. The summed E-state index contributed by atoms with van der Waals surface area (Å²) in [5, 5.41) is 2.59. The summed E-state index contributed by atoms with van der Waals surface area (Å²) in [6, 6.07) is 5.55. The van der Waals surface area contributed by atoms with Gasteiger partial charge in [0.2, 0.25) is 0 Å². The molecule has 0 bridgehead atoms. The lowest BCUT2D eigenvalue weighted by atomic mass is 9.96. The quantitative estimate of drug-likeness (QED) is 0.555. The smallest absolute Gasteiger partial charge is 0.325 e. The van der Waals surface area contributed by atoms with Gasteiger partial charge in [0.15, 0.2) is 0 Å². The molecule has 0 radical (unpaired) electrons. The van der Waals surface area contributed by atoms with Gasteiger partial charge in [-0.15, -0.1) is 0 Å². The second-order valence-corrected chi connectivity index (χ2v) is 8.05. The zero-order chi connectivity index (χ0) is 21.5. The van der Waals surface area contributed by atoms with Crippen LogP contribution in [0.25, 0.3) is 0 Å². The number of carbonyl (C=O) groups is 2. The molecule has 0 aliphatic heterocycles. The van der Waals surface area contributed by atoms with Gasteiger partial charge in [-0.2, -0.15) is 11.8 Å². The van der Waals surface area contributed by atoms with Crippen LogP contribution in [-0.4, -0.2) is 44.1 Å². The first-order chi connectivity index (χ1) is 13.3. The van der Waals surface area contributed by atoms with Crippen LogP contribution in [0.4, 0.5) is 0 Å². The molecule has 1 N–H and O–H groups in total. The topological polar surface area (TPSA) is 64.6 Å². The standard InChI is InChI=1S/C19H29NO4.C3H8S/c1-6-14(4)9-10-24-15-7-8-16(13(2)3)17(11-15)19(22)20-12-18(21)23-5;1-3-4-2/h7-8,11,13-14H,6,9-10,12H2,1-5H3,(H,20,22);3H2,1-2H3. The molecule has 1 aromatic carbocycles. The Morgan fingerprint density at radius 2 is 1.82 bits per heavy atom. The zero-order valence-electron chi connectivity index (χ0n) is 18.5. The second kappa shape index (κ2) is 15.3. The molecule has 0 fully saturated rings. The lowest BCUT2D eigenvalue weighted by Gasteiger charge is -2.15. The van der Waals surface area contributed by atoms with Crippen LogP contribution in [-0.2, 0) is 9.53 Å². The number of methoxy groups -OCH3 is 1. The van der Waals surface area contributed by atoms with Gasteiger partial charge < -0.3 is 14.8 Å². The Kier molecular flexibility index (Phi) is 14.3. The summed E-state index contributed by atoms with van der Waals surface area (Å²) in [5.41, 5.74) is 1.46. The monoisotopic (exact) mass is 411 g/mol. The van der Waals surface area contributed by atoms with Crippen LogP contribution in [0.15, 0.2) is 18.2 Å². The van der Waals surface area contributed by atoms with E-state index in [1.807, 2.05) is 37.7 Å². The van der Waals surface area contributed by atoms with Crippen LogP contribution in [0.2, 0.25) is 0 Å². The van der Waals surface area contributed by atoms with Gasteiger partial charge in [-0.1, -0.05) is 47.1 Å². The third-order valence-electron chi connectivity index (χ3n) is 4.38. The maximum atomic E-state index is 12.4. The van der Waals surface area contributed by atoms with E-state index in [2.05, 4.69) is 37.1 Å². The molecular formula is C22H37NO4S. The molecule has 1 aromatic rings. The largest absolute Gasteiger partial charge is 0.494 e. The van der Waals surface area contributed by atoms with Crippen LogP contribution in [0.3, 0.4) is 0 Å². The lowest BCUT2D eigenvalue weighted by Crippen LogP contribution is -2.31. The normalized spacial score (nSPS) is 11.3. The van der Waals surface area contributed by atoms with Gasteiger partial charge in [0, 0.05) is 5.56 Å². The molecule has 1 amide bonds. The Labute approximate surface area is 174 Å². The SMILES string of the molecule is CCC(C)CCOc1ccc(C(C)C)c(C(=O)NCC(=O)OC)c1.CCSC. The number of esters is 1. The van der Waals surface area contributed by atoms with Crippen LogP contribution >= 0.6 is 11.8 Å². The number of hydrogen-bond acceptors (Lipinski definition) is 5. The van der Waals surface area contributed by atoms with Gasteiger partial charge in [0.25, 0.3) is 5.91 Å². The van der Waals surface area contributed by atoms with Crippen LogP contribution in [0.5, 0.6) is 5.75 Å². The molecule has 0 aromatic heterocycles. The number of benzene rings is 1. The van der Waals surface area contributed by atoms with Crippen molar-refractivity contribution >= 4 is 23.6 Å². The first-order valence-corrected chi connectivity index (χ1v) is 11.3. The third kappa shape index (κ3) is 10.6. The maximum absolute atomic E-state index is 12.4. The minimum absolute atomic E-state index is 0.147. The van der Waals surface area contributed by atoms with Crippen molar-refractivity contribution in [2.45, 2.75) is 53.4 Å². The molecule has 6 heteroatoms. The summed E-state index contributed by atoms with van der Waals surface area (Å²) in [6.45, 7) is 11.0. The molecule has 1 unspecified atom stereocenters. The van der Waals surface area contributed by atoms with E-state index < -0.39 is 5.97 Å². The van der Waals surface area contributed by atoms with Gasteiger partial charge in [-0.05, 0) is 48.0 Å². The van der Waals surface area contributed by atoms with E-state index in [4.69, 9.17) is 4.74 Å². The molecule has 0 saturated carbocycles. The van der Waals surface area contributed by atoms with Crippen molar-refractivity contribution in [2.75, 3.05) is 32.3 Å². The number of rotatable bonds is 10. The summed E-state index contributed by atoms with van der Waals surface area (Å²) in [5.74, 6) is 1.94. The molecular weight excluding hydrogens is 374 g/mol. The number of thioether (sulfide) groups is 1. The fraction of sp³-hybridized carbons (Fsp3) is 0.636. The summed E-state index contributed by atoms with van der Waals surface area (Å²) in [4.78, 5) is 23.6. The van der Waals surface area contributed by atoms with Crippen molar-refractivity contribution in [3.8, 4) is 5.75 Å². The van der Waals surface area contributed by atoms with E-state index in [0.29, 0.717) is 23.8 Å². The van der Waals surface area contributed by atoms with E-state index in [-0.39, 0.29) is 18.4 Å². The van der Waals surface area contributed by atoms with Gasteiger partial charge in [0.1, 0.15) is 12.3 Å². The highest BCUT2D eigenvalue weighted by Gasteiger charge is 2.16. The highest BCUT2D eigenvalue weighted by Crippen LogP contribution is 2.24. The lowest BCUT2D eigenvalue weighted by molar-refractivity contribution is -0.139. The van der Waals surface area contributed by atoms with Crippen LogP contribution in [0.1, 0.15) is 69.3 Å². The van der Waals surface area contributed by atoms with E-state index in [9.17, 15) is 9.59 Å². The molecule has 0 saturated heterocycles. The predicted octanol–water partition coefficient (Wildman–Crippen LogP) is 4.90. The van der Waals surface area contributed by atoms with E-state index in [1.165, 1.54) is 12.9 Å². The minimum Gasteiger partial charge on any atom is -0.494 e. The molecule has 0 aliphatic rings. The fourth-order valence-corrected chi connectivity index (χ4v) is 2.23. The average Bonchev–Trinajstić information content (AvgIpc) is 2.71. The first kappa shape index (κ1) is 26.3. The van der Waals surface area contributed by atoms with Gasteiger partial charge in [-0.25, -0.2) is 0 Å². The van der Waals surface area contributed by atoms with Gasteiger partial charge >= 0.3 is 5.97 Å². The molecule has 0 spiro atoms. The summed E-state index contributed by atoms with van der Waals surface area (Å²) >= 11 is 1.86. The highest BCUT2D eigenvalue weighted by atomic mass is 32.2. The Morgan fingerprint density at radius 1 is 1.18 bits per heavy atom. The highest BCUT2D eigenvalue weighted by molar-refractivity contribution is 7.98. The first-order valence-electron chi connectivity index (χ1n) is 9.91. The molecule has 1 atom stereocenters. The van der Waals surface area contributed by atoms with Gasteiger partial charge in [-0.3, -0.25) is 9.59 Å². The molecule has 160 valence electrons. The van der Waals surface area contributed by atoms with Crippen LogP contribution < -0.4 is 10.1 Å². The summed E-state index contributed by atoms with van der Waals surface area (Å²) in [6.07, 6.45) is 4.20. The van der Waals surface area contributed by atoms with E-state index in [1.54, 1.807) is 6.07 Å². The fourth-order valence-electron chi connectivity index (χ4n) is 2.23. The predicted molar refractivity (Wildman–Crippen MR) is 119 cm³/mol. The van der Waals surface area contributed by atoms with Crippen molar-refractivity contribution in [1.29, 1.82) is 0 Å². The Balaban J connectivity index is 0.00000165. The summed E-state index contributed by atoms with van der Waals surface area (Å²) < 4.78 is 10.3. The Bertz CT molecular complexity index is 588.